The number of likely N-dealkylation sites (tertiary alicyclic amines) is 1. The van der Waals surface area contributed by atoms with E-state index in [1.165, 1.54) is 37.0 Å². The Bertz CT molecular complexity index is 930. The first-order valence-corrected chi connectivity index (χ1v) is 11.6. The number of carbonyl (C=O) groups excluding carboxylic acids is 2. The number of imide groups is 1. The molecular formula is C26H31N3O2. The molecule has 1 saturated carbocycles. The third-order valence-corrected chi connectivity index (χ3v) is 7.44. The molecule has 2 saturated heterocycles. The number of nitrogens with one attached hydrogen (secondary N) is 1. The number of hydrogen-bond acceptors (Lipinski definition) is 3. The number of amides is 3. The number of nitrogens with zero attached hydrogens (tertiary/aromatic N) is 2. The van der Waals surface area contributed by atoms with Gasteiger partial charge in [-0.25, -0.2) is 9.69 Å². The molecule has 0 spiro atoms. The van der Waals surface area contributed by atoms with E-state index < -0.39 is 5.54 Å². The minimum Gasteiger partial charge on any atom is -0.319 e. The Kier molecular flexibility index (Phi) is 5.53. The van der Waals surface area contributed by atoms with Crippen molar-refractivity contribution in [3.8, 4) is 0 Å². The third kappa shape index (κ3) is 3.76. The van der Waals surface area contributed by atoms with Crippen molar-refractivity contribution in [2.24, 2.45) is 5.92 Å². The molecule has 0 radical (unpaired) electrons. The summed E-state index contributed by atoms with van der Waals surface area (Å²) in [6.45, 7) is 1.37. The van der Waals surface area contributed by atoms with Gasteiger partial charge in [0, 0.05) is 19.0 Å². The molecule has 0 bridgehead atoms. The number of fused-ring (bicyclic) bond motifs is 1. The maximum atomic E-state index is 13.9. The van der Waals surface area contributed by atoms with Gasteiger partial charge in [-0.15, -0.1) is 0 Å². The lowest BCUT2D eigenvalue weighted by atomic mass is 9.78. The topological polar surface area (TPSA) is 52.7 Å². The quantitative estimate of drug-likeness (QED) is 0.739. The van der Waals surface area contributed by atoms with E-state index in [9.17, 15) is 9.59 Å². The molecule has 5 heteroatoms. The Balaban J connectivity index is 1.44. The highest BCUT2D eigenvalue weighted by atomic mass is 16.2. The molecule has 2 aromatic rings. The summed E-state index contributed by atoms with van der Waals surface area (Å²) in [4.78, 5) is 30.9. The van der Waals surface area contributed by atoms with Gasteiger partial charge in [-0.1, -0.05) is 73.5 Å². The third-order valence-electron chi connectivity index (χ3n) is 7.44. The van der Waals surface area contributed by atoms with Gasteiger partial charge in [0.2, 0.25) is 0 Å². The van der Waals surface area contributed by atoms with Gasteiger partial charge in [-0.2, -0.15) is 0 Å². The summed E-state index contributed by atoms with van der Waals surface area (Å²) in [6, 6.07) is 19.9. The number of rotatable bonds is 5. The zero-order valence-electron chi connectivity index (χ0n) is 18.0. The van der Waals surface area contributed by atoms with Crippen LogP contribution >= 0.6 is 0 Å². The summed E-state index contributed by atoms with van der Waals surface area (Å²) in [7, 11) is 0. The molecule has 3 fully saturated rings. The average molecular weight is 418 g/mol. The van der Waals surface area contributed by atoms with Crippen LogP contribution in [0.2, 0.25) is 0 Å². The molecular weight excluding hydrogens is 386 g/mol. The Morgan fingerprint density at radius 2 is 1.55 bits per heavy atom. The Labute approximate surface area is 184 Å². The van der Waals surface area contributed by atoms with Crippen molar-refractivity contribution in [2.75, 3.05) is 13.2 Å². The van der Waals surface area contributed by atoms with Gasteiger partial charge in [0.05, 0.1) is 6.67 Å². The molecule has 5 nitrogen and oxygen atoms in total. The molecule has 0 unspecified atom stereocenters. The fraction of sp³-hybridized carbons (Fsp3) is 0.462. The molecule has 2 aliphatic heterocycles. The molecule has 31 heavy (non-hydrogen) atoms. The van der Waals surface area contributed by atoms with Gasteiger partial charge < -0.3 is 5.32 Å². The molecule has 162 valence electrons. The first-order chi connectivity index (χ1) is 15.2. The van der Waals surface area contributed by atoms with Crippen molar-refractivity contribution in [3.05, 3.63) is 71.8 Å². The summed E-state index contributed by atoms with van der Waals surface area (Å²) < 4.78 is 0. The minimum absolute atomic E-state index is 0.134. The van der Waals surface area contributed by atoms with Crippen LogP contribution in [0.3, 0.4) is 0 Å². The minimum atomic E-state index is -1.05. The van der Waals surface area contributed by atoms with E-state index >= 15 is 0 Å². The van der Waals surface area contributed by atoms with Crippen LogP contribution in [-0.2, 0) is 16.8 Å². The number of piperidine rings is 1. The molecule has 3 atom stereocenters. The van der Waals surface area contributed by atoms with Crippen LogP contribution in [0.15, 0.2) is 60.7 Å². The first-order valence-electron chi connectivity index (χ1n) is 11.6. The molecule has 1 aliphatic carbocycles. The van der Waals surface area contributed by atoms with E-state index in [2.05, 4.69) is 10.2 Å². The van der Waals surface area contributed by atoms with Gasteiger partial charge in [0.1, 0.15) is 0 Å². The van der Waals surface area contributed by atoms with E-state index in [-0.39, 0.29) is 11.9 Å². The Hall–Kier alpha value is -2.66. The normalized spacial score (nSPS) is 29.0. The largest absolute Gasteiger partial charge is 0.326 e. The monoisotopic (exact) mass is 417 g/mol. The predicted octanol–water partition coefficient (Wildman–Crippen LogP) is 4.29. The Morgan fingerprint density at radius 1 is 0.871 bits per heavy atom. The molecule has 1 N–H and O–H groups in total. The number of benzene rings is 2. The second-order valence-corrected chi connectivity index (χ2v) is 9.30. The van der Waals surface area contributed by atoms with Gasteiger partial charge >= 0.3 is 6.03 Å². The second kappa shape index (κ2) is 8.46. The lowest BCUT2D eigenvalue weighted by molar-refractivity contribution is -0.134. The number of urea groups is 1. The predicted molar refractivity (Wildman–Crippen MR) is 120 cm³/mol. The van der Waals surface area contributed by atoms with Crippen molar-refractivity contribution < 1.29 is 9.59 Å². The van der Waals surface area contributed by atoms with Gasteiger partial charge in [-0.05, 0) is 42.7 Å². The molecule has 2 heterocycles. The lowest BCUT2D eigenvalue weighted by Gasteiger charge is -2.45. The summed E-state index contributed by atoms with van der Waals surface area (Å²) in [5, 5.41) is 3.10. The zero-order chi connectivity index (χ0) is 21.3. The van der Waals surface area contributed by atoms with Crippen LogP contribution in [0.1, 0.15) is 49.7 Å². The van der Waals surface area contributed by atoms with Crippen molar-refractivity contribution in [2.45, 2.75) is 56.5 Å². The summed E-state index contributed by atoms with van der Waals surface area (Å²) in [5.41, 5.74) is 0.822. The fourth-order valence-electron chi connectivity index (χ4n) is 5.88. The van der Waals surface area contributed by atoms with E-state index in [1.54, 1.807) is 0 Å². The maximum Gasteiger partial charge on any atom is 0.326 e. The highest BCUT2D eigenvalue weighted by Crippen LogP contribution is 2.37. The van der Waals surface area contributed by atoms with E-state index in [0.717, 1.165) is 24.1 Å². The summed E-state index contributed by atoms with van der Waals surface area (Å²) in [5.74, 6) is 0.581. The summed E-state index contributed by atoms with van der Waals surface area (Å²) in [6.07, 6.45) is 7.91. The zero-order valence-corrected chi connectivity index (χ0v) is 18.0. The van der Waals surface area contributed by atoms with E-state index in [0.29, 0.717) is 25.0 Å². The maximum absolute atomic E-state index is 13.9. The highest BCUT2D eigenvalue weighted by molar-refractivity contribution is 6.07. The second-order valence-electron chi connectivity index (χ2n) is 9.30. The van der Waals surface area contributed by atoms with Gasteiger partial charge in [-0.3, -0.25) is 9.69 Å². The summed E-state index contributed by atoms with van der Waals surface area (Å²) >= 11 is 0. The lowest BCUT2D eigenvalue weighted by Crippen LogP contribution is -2.53. The standard InChI is InChI=1S/C26H31N3O2/c30-24-26(22-14-5-2-6-15-22,18-20-10-3-1-4-11-20)27-25(31)29(24)19-28-17-9-13-21-12-7-8-16-23(21)28/h1-6,10-11,14-15,21,23H,7-9,12-13,16-19H2,(H,27,31)/t21-,23+,26-/m1/s1. The smallest absolute Gasteiger partial charge is 0.319 e. The number of hydrogen-bond donors (Lipinski definition) is 1. The van der Waals surface area contributed by atoms with Crippen LogP contribution in [0.25, 0.3) is 0 Å². The van der Waals surface area contributed by atoms with Crippen LogP contribution in [-0.4, -0.2) is 41.0 Å². The molecule has 5 rings (SSSR count). The molecule has 3 aliphatic rings. The van der Waals surface area contributed by atoms with Crippen molar-refractivity contribution in [1.29, 1.82) is 0 Å². The van der Waals surface area contributed by atoms with Crippen molar-refractivity contribution in [3.63, 3.8) is 0 Å². The van der Waals surface area contributed by atoms with E-state index in [1.807, 2.05) is 60.7 Å². The first kappa shape index (κ1) is 20.3. The average Bonchev–Trinajstić information content (AvgIpc) is 3.05. The van der Waals surface area contributed by atoms with Crippen LogP contribution in [0.4, 0.5) is 4.79 Å². The van der Waals surface area contributed by atoms with Crippen molar-refractivity contribution >= 4 is 11.9 Å². The molecule has 0 aromatic heterocycles. The number of carbonyl (C=O) groups is 2. The van der Waals surface area contributed by atoms with Gasteiger partial charge in [0.25, 0.3) is 5.91 Å². The Morgan fingerprint density at radius 3 is 2.32 bits per heavy atom. The van der Waals surface area contributed by atoms with E-state index in [4.69, 9.17) is 0 Å². The molecule has 2 aromatic carbocycles. The van der Waals surface area contributed by atoms with Crippen molar-refractivity contribution in [1.82, 2.24) is 15.1 Å². The molecule has 3 amide bonds. The highest BCUT2D eigenvalue weighted by Gasteiger charge is 2.53. The SMILES string of the molecule is O=C1N[C@](Cc2ccccc2)(c2ccccc2)C(=O)N1CN1CCC[C@H]2CCCC[C@@H]21. The van der Waals surface area contributed by atoms with Crippen LogP contribution in [0.5, 0.6) is 0 Å². The van der Waals surface area contributed by atoms with Gasteiger partial charge in [0.15, 0.2) is 5.54 Å². The van der Waals surface area contributed by atoms with Crippen LogP contribution in [0, 0.1) is 5.92 Å². The van der Waals surface area contributed by atoms with Crippen LogP contribution < -0.4 is 5.32 Å². The fourth-order valence-corrected chi connectivity index (χ4v) is 5.88.